The van der Waals surface area contributed by atoms with Crippen molar-refractivity contribution < 1.29 is 4.79 Å². The number of carbonyl (C=O) groups excluding carboxylic acids is 1. The molecule has 2 aromatic rings. The molecular weight excluding hydrogens is 242 g/mol. The van der Waals surface area contributed by atoms with E-state index in [-0.39, 0.29) is 5.91 Å². The topological polar surface area (TPSA) is 29.1 Å². The van der Waals surface area contributed by atoms with Gasteiger partial charge in [-0.05, 0) is 49.8 Å². The fourth-order valence-corrected chi connectivity index (χ4v) is 2.39. The zero-order chi connectivity index (χ0) is 13.0. The lowest BCUT2D eigenvalue weighted by Crippen LogP contribution is -2.07. The Morgan fingerprint density at radius 1 is 1.22 bits per heavy atom. The van der Waals surface area contributed by atoms with Crippen molar-refractivity contribution in [3.63, 3.8) is 0 Å². The van der Waals surface area contributed by atoms with E-state index in [9.17, 15) is 4.79 Å². The molecule has 1 amide bonds. The smallest absolute Gasteiger partial charge is 0.248 e. The molecule has 2 rings (SSSR count). The zero-order valence-corrected chi connectivity index (χ0v) is 11.3. The summed E-state index contributed by atoms with van der Waals surface area (Å²) in [6.45, 7) is 4.05. The molecule has 0 aliphatic carbocycles. The quantitative estimate of drug-likeness (QED) is 0.827. The molecule has 0 unspecified atom stereocenters. The standard InChI is InChI=1S/C15H15NOS/c1-11-4-3-5-13(10-11)16-15(17)9-8-14-7-6-12(2)18-14/h3-10H,1-2H3,(H,16,17)/b9-8+. The molecule has 0 saturated heterocycles. The number of carbonyl (C=O) groups is 1. The maximum atomic E-state index is 11.7. The van der Waals surface area contributed by atoms with Crippen molar-refractivity contribution in [2.24, 2.45) is 0 Å². The molecule has 0 aliphatic heterocycles. The highest BCUT2D eigenvalue weighted by atomic mass is 32.1. The van der Waals surface area contributed by atoms with Gasteiger partial charge >= 0.3 is 0 Å². The molecule has 1 heterocycles. The van der Waals surface area contributed by atoms with E-state index in [0.29, 0.717) is 0 Å². The van der Waals surface area contributed by atoms with Crippen LogP contribution in [0.5, 0.6) is 0 Å². The van der Waals surface area contributed by atoms with Gasteiger partial charge in [-0.2, -0.15) is 0 Å². The van der Waals surface area contributed by atoms with E-state index >= 15 is 0 Å². The SMILES string of the molecule is Cc1cccc(NC(=O)/C=C/c2ccc(C)s2)c1. The largest absolute Gasteiger partial charge is 0.323 e. The average molecular weight is 257 g/mol. The van der Waals surface area contributed by atoms with Crippen molar-refractivity contribution in [2.45, 2.75) is 13.8 Å². The van der Waals surface area contributed by atoms with Crippen LogP contribution in [0.3, 0.4) is 0 Å². The summed E-state index contributed by atoms with van der Waals surface area (Å²) in [5, 5.41) is 2.84. The maximum absolute atomic E-state index is 11.7. The number of hydrogen-bond acceptors (Lipinski definition) is 2. The summed E-state index contributed by atoms with van der Waals surface area (Å²) in [6, 6.07) is 11.8. The normalized spacial score (nSPS) is 10.8. The number of thiophene rings is 1. The van der Waals surface area contributed by atoms with E-state index in [1.807, 2.05) is 49.4 Å². The third-order valence-electron chi connectivity index (χ3n) is 2.45. The highest BCUT2D eigenvalue weighted by Gasteiger charge is 1.98. The van der Waals surface area contributed by atoms with Gasteiger partial charge in [-0.15, -0.1) is 11.3 Å². The molecule has 2 nitrogen and oxygen atoms in total. The summed E-state index contributed by atoms with van der Waals surface area (Å²) < 4.78 is 0. The maximum Gasteiger partial charge on any atom is 0.248 e. The van der Waals surface area contributed by atoms with Crippen LogP contribution < -0.4 is 5.32 Å². The second-order valence-corrected chi connectivity index (χ2v) is 5.46. The van der Waals surface area contributed by atoms with Gasteiger partial charge in [0.1, 0.15) is 0 Å². The predicted molar refractivity (Wildman–Crippen MR) is 77.9 cm³/mol. The second-order valence-electron chi connectivity index (χ2n) is 4.14. The Hall–Kier alpha value is -1.87. The van der Waals surface area contributed by atoms with Gasteiger partial charge in [0.2, 0.25) is 5.91 Å². The molecule has 1 aromatic heterocycles. The summed E-state index contributed by atoms with van der Waals surface area (Å²) in [7, 11) is 0. The van der Waals surface area contributed by atoms with Crippen molar-refractivity contribution in [3.8, 4) is 0 Å². The molecule has 0 aliphatic rings. The van der Waals surface area contributed by atoms with E-state index in [0.717, 1.165) is 16.1 Å². The van der Waals surface area contributed by atoms with E-state index < -0.39 is 0 Å². The number of hydrogen-bond donors (Lipinski definition) is 1. The first-order chi connectivity index (χ1) is 8.63. The number of rotatable bonds is 3. The number of nitrogens with one attached hydrogen (secondary N) is 1. The van der Waals surface area contributed by atoms with Gasteiger partial charge in [-0.25, -0.2) is 0 Å². The summed E-state index contributed by atoms with van der Waals surface area (Å²) in [6.07, 6.45) is 3.40. The van der Waals surface area contributed by atoms with E-state index in [4.69, 9.17) is 0 Å². The first kappa shape index (κ1) is 12.6. The highest BCUT2D eigenvalue weighted by molar-refractivity contribution is 7.12. The summed E-state index contributed by atoms with van der Waals surface area (Å²) in [5.74, 6) is -0.105. The number of amides is 1. The van der Waals surface area contributed by atoms with Crippen LogP contribution in [-0.2, 0) is 4.79 Å². The van der Waals surface area contributed by atoms with Crippen LogP contribution >= 0.6 is 11.3 Å². The van der Waals surface area contributed by atoms with E-state index in [2.05, 4.69) is 12.2 Å². The molecule has 0 spiro atoms. The Kier molecular flexibility index (Phi) is 3.95. The Morgan fingerprint density at radius 2 is 2.06 bits per heavy atom. The monoisotopic (exact) mass is 257 g/mol. The minimum absolute atomic E-state index is 0.105. The van der Waals surface area contributed by atoms with Gasteiger partial charge in [-0.3, -0.25) is 4.79 Å². The average Bonchev–Trinajstić information content (AvgIpc) is 2.73. The Morgan fingerprint density at radius 3 is 2.72 bits per heavy atom. The van der Waals surface area contributed by atoms with Crippen LogP contribution in [0.4, 0.5) is 5.69 Å². The Balaban J connectivity index is 1.98. The minimum Gasteiger partial charge on any atom is -0.323 e. The van der Waals surface area contributed by atoms with Crippen molar-refractivity contribution >= 4 is 29.0 Å². The van der Waals surface area contributed by atoms with Crippen LogP contribution in [0.1, 0.15) is 15.3 Å². The lowest BCUT2D eigenvalue weighted by molar-refractivity contribution is -0.111. The van der Waals surface area contributed by atoms with Gasteiger partial charge in [0.05, 0.1) is 0 Å². The van der Waals surface area contributed by atoms with E-state index in [1.54, 1.807) is 17.4 Å². The second kappa shape index (κ2) is 5.65. The molecule has 0 saturated carbocycles. The molecule has 0 atom stereocenters. The molecule has 0 radical (unpaired) electrons. The molecule has 92 valence electrons. The van der Waals surface area contributed by atoms with Crippen molar-refractivity contribution in [3.05, 3.63) is 57.8 Å². The number of anilines is 1. The fraction of sp³-hybridized carbons (Fsp3) is 0.133. The van der Waals surface area contributed by atoms with Crippen LogP contribution in [0, 0.1) is 13.8 Å². The summed E-state index contributed by atoms with van der Waals surface area (Å²) in [5.41, 5.74) is 1.96. The van der Waals surface area contributed by atoms with Crippen molar-refractivity contribution in [1.29, 1.82) is 0 Å². The van der Waals surface area contributed by atoms with Gasteiger partial charge in [0, 0.05) is 21.5 Å². The lowest BCUT2D eigenvalue weighted by atomic mass is 10.2. The highest BCUT2D eigenvalue weighted by Crippen LogP contribution is 2.16. The Labute approximate surface area is 111 Å². The van der Waals surface area contributed by atoms with Gasteiger partial charge in [0.25, 0.3) is 0 Å². The van der Waals surface area contributed by atoms with Gasteiger partial charge in [-0.1, -0.05) is 12.1 Å². The van der Waals surface area contributed by atoms with Crippen LogP contribution in [0.15, 0.2) is 42.5 Å². The third kappa shape index (κ3) is 3.57. The van der Waals surface area contributed by atoms with Crippen LogP contribution in [0.2, 0.25) is 0 Å². The molecule has 1 aromatic carbocycles. The summed E-state index contributed by atoms with van der Waals surface area (Å²) in [4.78, 5) is 14.0. The zero-order valence-electron chi connectivity index (χ0n) is 10.4. The molecule has 0 bridgehead atoms. The van der Waals surface area contributed by atoms with Crippen molar-refractivity contribution in [2.75, 3.05) is 5.32 Å². The number of benzene rings is 1. The Bertz CT molecular complexity index is 584. The first-order valence-corrected chi connectivity index (χ1v) is 6.57. The predicted octanol–water partition coefficient (Wildman–Crippen LogP) is 4.02. The lowest BCUT2D eigenvalue weighted by Gasteiger charge is -2.02. The summed E-state index contributed by atoms with van der Waals surface area (Å²) >= 11 is 1.67. The molecule has 0 fully saturated rings. The molecule has 3 heteroatoms. The van der Waals surface area contributed by atoms with Crippen LogP contribution in [0.25, 0.3) is 6.08 Å². The van der Waals surface area contributed by atoms with Gasteiger partial charge in [0.15, 0.2) is 0 Å². The van der Waals surface area contributed by atoms with Gasteiger partial charge < -0.3 is 5.32 Å². The third-order valence-corrected chi connectivity index (χ3v) is 3.41. The van der Waals surface area contributed by atoms with Crippen molar-refractivity contribution in [1.82, 2.24) is 0 Å². The molecule has 1 N–H and O–H groups in total. The molecule has 18 heavy (non-hydrogen) atoms. The van der Waals surface area contributed by atoms with Crippen LogP contribution in [-0.4, -0.2) is 5.91 Å². The molecular formula is C15H15NOS. The van der Waals surface area contributed by atoms with E-state index in [1.165, 1.54) is 4.88 Å². The minimum atomic E-state index is -0.105. The fourth-order valence-electron chi connectivity index (χ4n) is 1.61. The first-order valence-electron chi connectivity index (χ1n) is 5.76. The number of aryl methyl sites for hydroxylation is 2.